The molecule has 1 amide bonds. The molecule has 5 nitrogen and oxygen atoms in total. The minimum absolute atomic E-state index is 0.0105. The van der Waals surface area contributed by atoms with Crippen molar-refractivity contribution in [3.8, 4) is 5.75 Å². The minimum Gasteiger partial charge on any atom is -0.466 e. The number of carbonyl (C=O) groups is 2. The molecule has 7 heteroatoms. The number of benzene rings is 1. The maximum atomic E-state index is 12.3. The summed E-state index contributed by atoms with van der Waals surface area (Å²) in [5.41, 5.74) is 0.324. The largest absolute Gasteiger partial charge is 0.466 e. The molecule has 0 heterocycles. The Labute approximate surface area is 139 Å². The van der Waals surface area contributed by atoms with E-state index in [4.69, 9.17) is 4.74 Å². The van der Waals surface area contributed by atoms with Gasteiger partial charge in [-0.05, 0) is 44.0 Å². The van der Waals surface area contributed by atoms with Crippen LogP contribution in [0.2, 0.25) is 0 Å². The Kier molecular flexibility index (Phi) is 6.52. The number of ether oxygens (including phenoxy) is 2. The van der Waals surface area contributed by atoms with Gasteiger partial charge in [0, 0.05) is 11.6 Å². The first-order valence-electron chi connectivity index (χ1n) is 8.03. The lowest BCUT2D eigenvalue weighted by atomic mass is 9.84. The molecule has 1 aliphatic carbocycles. The molecule has 1 aromatic rings. The second kappa shape index (κ2) is 8.61. The third-order valence-corrected chi connectivity index (χ3v) is 4.01. The quantitative estimate of drug-likeness (QED) is 0.808. The number of alkyl halides is 2. The van der Waals surface area contributed by atoms with Gasteiger partial charge in [-0.2, -0.15) is 8.78 Å². The van der Waals surface area contributed by atoms with Gasteiger partial charge in [0.2, 0.25) is 0 Å². The van der Waals surface area contributed by atoms with Gasteiger partial charge in [0.25, 0.3) is 5.91 Å². The first-order valence-corrected chi connectivity index (χ1v) is 8.03. The van der Waals surface area contributed by atoms with Gasteiger partial charge < -0.3 is 14.8 Å². The highest BCUT2D eigenvalue weighted by molar-refractivity contribution is 5.94. The number of carbonyl (C=O) groups excluding carboxylic acids is 2. The molecule has 132 valence electrons. The van der Waals surface area contributed by atoms with E-state index in [1.54, 1.807) is 6.92 Å². The summed E-state index contributed by atoms with van der Waals surface area (Å²) in [5, 5.41) is 2.86. The molecular weight excluding hydrogens is 320 g/mol. The van der Waals surface area contributed by atoms with Crippen molar-refractivity contribution in [1.82, 2.24) is 5.32 Å². The summed E-state index contributed by atoms with van der Waals surface area (Å²) in [6.45, 7) is -0.851. The Morgan fingerprint density at radius 3 is 2.50 bits per heavy atom. The molecule has 1 fully saturated rings. The van der Waals surface area contributed by atoms with E-state index in [-0.39, 0.29) is 29.6 Å². The maximum Gasteiger partial charge on any atom is 0.387 e. The van der Waals surface area contributed by atoms with Crippen LogP contribution in [-0.2, 0) is 9.53 Å². The Morgan fingerprint density at radius 2 is 1.88 bits per heavy atom. The van der Waals surface area contributed by atoms with E-state index in [1.807, 2.05) is 0 Å². The lowest BCUT2D eigenvalue weighted by molar-refractivity contribution is -0.150. The molecule has 0 bridgehead atoms. The first kappa shape index (κ1) is 18.2. The molecular formula is C17H21F2NO4. The summed E-state index contributed by atoms with van der Waals surface area (Å²) in [7, 11) is 0. The van der Waals surface area contributed by atoms with E-state index in [0.717, 1.165) is 12.8 Å². The molecule has 2 atom stereocenters. The Morgan fingerprint density at radius 1 is 1.21 bits per heavy atom. The van der Waals surface area contributed by atoms with Crippen molar-refractivity contribution in [2.45, 2.75) is 45.3 Å². The van der Waals surface area contributed by atoms with Crippen LogP contribution in [0.1, 0.15) is 43.0 Å². The number of hydrogen-bond acceptors (Lipinski definition) is 4. The number of amides is 1. The second-order valence-corrected chi connectivity index (χ2v) is 5.63. The van der Waals surface area contributed by atoms with Crippen molar-refractivity contribution in [3.05, 3.63) is 29.8 Å². The van der Waals surface area contributed by atoms with E-state index < -0.39 is 6.61 Å². The highest BCUT2D eigenvalue weighted by Crippen LogP contribution is 2.26. The molecule has 1 N–H and O–H groups in total. The summed E-state index contributed by atoms with van der Waals surface area (Å²) in [5.74, 6) is -0.990. The average Bonchev–Trinajstić information content (AvgIpc) is 2.55. The van der Waals surface area contributed by atoms with Crippen LogP contribution >= 0.6 is 0 Å². The molecule has 0 aliphatic heterocycles. The number of hydrogen-bond donors (Lipinski definition) is 1. The molecule has 0 radical (unpaired) electrons. The third-order valence-electron chi connectivity index (χ3n) is 4.01. The van der Waals surface area contributed by atoms with Crippen molar-refractivity contribution >= 4 is 11.9 Å². The standard InChI is InChI=1S/C17H21F2NO4/c1-2-23-16(22)13-5-3-4-6-14(13)20-15(21)11-7-9-12(10-8-11)24-17(18)19/h7-10,13-14,17H,2-6H2,1H3,(H,20,21)/t13-,14+/m0/s1. The molecule has 2 rings (SSSR count). The van der Waals surface area contributed by atoms with Crippen molar-refractivity contribution < 1.29 is 27.8 Å². The predicted molar refractivity (Wildman–Crippen MR) is 82.9 cm³/mol. The predicted octanol–water partition coefficient (Wildman–Crippen LogP) is 3.14. The Hall–Kier alpha value is -2.18. The van der Waals surface area contributed by atoms with E-state index in [2.05, 4.69) is 10.1 Å². The highest BCUT2D eigenvalue weighted by atomic mass is 19.3. The maximum absolute atomic E-state index is 12.3. The molecule has 0 aromatic heterocycles. The van der Waals surface area contributed by atoms with Gasteiger partial charge in [-0.25, -0.2) is 0 Å². The summed E-state index contributed by atoms with van der Waals surface area (Å²) in [6, 6.07) is 5.17. The lowest BCUT2D eigenvalue weighted by Gasteiger charge is -2.30. The SMILES string of the molecule is CCOC(=O)[C@H]1CCCC[C@H]1NC(=O)c1ccc(OC(F)F)cc1. The molecule has 0 saturated heterocycles. The zero-order valence-corrected chi connectivity index (χ0v) is 13.5. The van der Waals surface area contributed by atoms with Crippen LogP contribution in [0, 0.1) is 5.92 Å². The van der Waals surface area contributed by atoms with Crippen LogP contribution in [0.3, 0.4) is 0 Å². The fraction of sp³-hybridized carbons (Fsp3) is 0.529. The Balaban J connectivity index is 2.00. The lowest BCUT2D eigenvalue weighted by Crippen LogP contribution is -2.45. The van der Waals surface area contributed by atoms with Crippen LogP contribution in [0.15, 0.2) is 24.3 Å². The Bertz CT molecular complexity index is 562. The van der Waals surface area contributed by atoms with Crippen LogP contribution in [-0.4, -0.2) is 31.1 Å². The zero-order chi connectivity index (χ0) is 17.5. The zero-order valence-electron chi connectivity index (χ0n) is 13.5. The second-order valence-electron chi connectivity index (χ2n) is 5.63. The fourth-order valence-corrected chi connectivity index (χ4v) is 2.87. The van der Waals surface area contributed by atoms with Gasteiger partial charge in [0.15, 0.2) is 0 Å². The van der Waals surface area contributed by atoms with Crippen LogP contribution in [0.4, 0.5) is 8.78 Å². The van der Waals surface area contributed by atoms with Crippen molar-refractivity contribution in [1.29, 1.82) is 0 Å². The molecule has 1 aromatic carbocycles. The van der Waals surface area contributed by atoms with E-state index in [1.165, 1.54) is 24.3 Å². The van der Waals surface area contributed by atoms with Crippen molar-refractivity contribution in [2.24, 2.45) is 5.92 Å². The highest BCUT2D eigenvalue weighted by Gasteiger charge is 2.33. The normalized spacial score (nSPS) is 20.5. The van der Waals surface area contributed by atoms with E-state index >= 15 is 0 Å². The summed E-state index contributed by atoms with van der Waals surface area (Å²) in [6.07, 6.45) is 3.25. The number of esters is 1. The summed E-state index contributed by atoms with van der Waals surface area (Å²) >= 11 is 0. The number of rotatable bonds is 6. The van der Waals surface area contributed by atoms with Crippen molar-refractivity contribution in [3.63, 3.8) is 0 Å². The summed E-state index contributed by atoms with van der Waals surface area (Å²) < 4.78 is 33.6. The smallest absolute Gasteiger partial charge is 0.387 e. The molecule has 1 saturated carbocycles. The number of nitrogens with one attached hydrogen (secondary N) is 1. The molecule has 0 spiro atoms. The van der Waals surface area contributed by atoms with Crippen molar-refractivity contribution in [2.75, 3.05) is 6.61 Å². The fourth-order valence-electron chi connectivity index (χ4n) is 2.87. The monoisotopic (exact) mass is 341 g/mol. The van der Waals surface area contributed by atoms with Gasteiger partial charge >= 0.3 is 12.6 Å². The first-order chi connectivity index (χ1) is 11.5. The van der Waals surface area contributed by atoms with Gasteiger partial charge in [-0.3, -0.25) is 9.59 Å². The molecule has 1 aliphatic rings. The topological polar surface area (TPSA) is 64.6 Å². The molecule has 24 heavy (non-hydrogen) atoms. The van der Waals surface area contributed by atoms with Gasteiger partial charge in [-0.15, -0.1) is 0 Å². The van der Waals surface area contributed by atoms with Crippen LogP contribution in [0.25, 0.3) is 0 Å². The minimum atomic E-state index is -2.91. The van der Waals surface area contributed by atoms with Crippen LogP contribution < -0.4 is 10.1 Å². The summed E-state index contributed by atoms with van der Waals surface area (Å²) in [4.78, 5) is 24.3. The molecule has 0 unspecified atom stereocenters. The number of halogens is 2. The van der Waals surface area contributed by atoms with Crippen LogP contribution in [0.5, 0.6) is 5.75 Å². The van der Waals surface area contributed by atoms with Gasteiger partial charge in [0.1, 0.15) is 5.75 Å². The van der Waals surface area contributed by atoms with Gasteiger partial charge in [-0.1, -0.05) is 12.8 Å². The van der Waals surface area contributed by atoms with Gasteiger partial charge in [0.05, 0.1) is 12.5 Å². The van der Waals surface area contributed by atoms with E-state index in [9.17, 15) is 18.4 Å². The van der Waals surface area contributed by atoms with E-state index in [0.29, 0.717) is 25.0 Å². The third kappa shape index (κ3) is 4.91. The average molecular weight is 341 g/mol.